The van der Waals surface area contributed by atoms with Crippen LogP contribution in [0.15, 0.2) is 29.3 Å². The molecule has 0 bridgehead atoms. The van der Waals surface area contributed by atoms with Crippen LogP contribution in [0.5, 0.6) is 5.75 Å². The molecule has 2 atom stereocenters. The highest BCUT2D eigenvalue weighted by Crippen LogP contribution is 2.22. The van der Waals surface area contributed by atoms with Gasteiger partial charge >= 0.3 is 6.18 Å². The summed E-state index contributed by atoms with van der Waals surface area (Å²) in [7, 11) is 5.63. The normalized spacial score (nSPS) is 19.4. The van der Waals surface area contributed by atoms with Crippen molar-refractivity contribution in [2.24, 2.45) is 4.99 Å². The van der Waals surface area contributed by atoms with Gasteiger partial charge in [0, 0.05) is 25.7 Å². The lowest BCUT2D eigenvalue weighted by molar-refractivity contribution is -0.143. The van der Waals surface area contributed by atoms with Crippen molar-refractivity contribution in [3.63, 3.8) is 0 Å². The Kier molecular flexibility index (Phi) is 8.58. The molecule has 1 fully saturated rings. The van der Waals surface area contributed by atoms with Crippen LogP contribution in [0.1, 0.15) is 24.9 Å². The van der Waals surface area contributed by atoms with Crippen molar-refractivity contribution in [2.75, 3.05) is 53.9 Å². The number of guanidine groups is 1. The third-order valence-corrected chi connectivity index (χ3v) is 4.91. The third-order valence-electron chi connectivity index (χ3n) is 4.91. The van der Waals surface area contributed by atoms with Crippen LogP contribution in [0.3, 0.4) is 0 Å². The van der Waals surface area contributed by atoms with Gasteiger partial charge in [0.25, 0.3) is 0 Å². The number of likely N-dealkylation sites (N-methyl/N-ethyl adjacent to an activating group) is 1. The maximum Gasteiger partial charge on any atom is 0.401 e. The minimum absolute atomic E-state index is 0.0473. The summed E-state index contributed by atoms with van der Waals surface area (Å²) in [6, 6.07) is 7.91. The molecule has 1 aliphatic rings. The van der Waals surface area contributed by atoms with E-state index in [0.717, 1.165) is 11.3 Å². The molecule has 1 heterocycles. The molecule has 0 aliphatic carbocycles. The Morgan fingerprint density at radius 1 is 1.31 bits per heavy atom. The van der Waals surface area contributed by atoms with Gasteiger partial charge in [0.2, 0.25) is 0 Å². The number of alkyl halides is 3. The Morgan fingerprint density at radius 2 is 2.00 bits per heavy atom. The molecule has 1 aromatic carbocycles. The highest BCUT2D eigenvalue weighted by Gasteiger charge is 2.34. The number of rotatable bonds is 8. The first-order valence-electron chi connectivity index (χ1n) is 9.86. The van der Waals surface area contributed by atoms with Crippen molar-refractivity contribution in [3.8, 4) is 5.75 Å². The molecule has 2 N–H and O–H groups in total. The van der Waals surface area contributed by atoms with E-state index in [0.29, 0.717) is 38.6 Å². The van der Waals surface area contributed by atoms with E-state index < -0.39 is 12.7 Å². The van der Waals surface area contributed by atoms with Gasteiger partial charge in [0.15, 0.2) is 5.96 Å². The number of ether oxygens (including phenoxy) is 1. The molecule has 9 heteroatoms. The summed E-state index contributed by atoms with van der Waals surface area (Å²) in [5.74, 6) is 1.43. The first-order valence-corrected chi connectivity index (χ1v) is 9.86. The molecular weight excluding hydrogens is 383 g/mol. The van der Waals surface area contributed by atoms with Crippen LogP contribution >= 0.6 is 0 Å². The second-order valence-corrected chi connectivity index (χ2v) is 7.45. The van der Waals surface area contributed by atoms with Crippen molar-refractivity contribution in [3.05, 3.63) is 29.8 Å². The summed E-state index contributed by atoms with van der Waals surface area (Å²) < 4.78 is 43.0. The summed E-state index contributed by atoms with van der Waals surface area (Å²) in [4.78, 5) is 8.22. The van der Waals surface area contributed by atoms with Gasteiger partial charge in [0.1, 0.15) is 5.75 Å². The van der Waals surface area contributed by atoms with E-state index in [1.54, 1.807) is 7.11 Å². The van der Waals surface area contributed by atoms with Crippen LogP contribution in [0, 0.1) is 0 Å². The van der Waals surface area contributed by atoms with E-state index in [1.807, 2.05) is 45.3 Å². The minimum Gasteiger partial charge on any atom is -0.497 e. The Hall–Kier alpha value is -2.00. The van der Waals surface area contributed by atoms with Crippen LogP contribution in [0.4, 0.5) is 13.2 Å². The number of hydrogen-bond donors (Lipinski definition) is 2. The van der Waals surface area contributed by atoms with E-state index in [1.165, 1.54) is 4.90 Å². The summed E-state index contributed by atoms with van der Waals surface area (Å²) in [5.41, 5.74) is 1.12. The largest absolute Gasteiger partial charge is 0.497 e. The number of methoxy groups -OCH3 is 1. The van der Waals surface area contributed by atoms with Crippen LogP contribution < -0.4 is 15.4 Å². The molecule has 1 saturated heterocycles. The third kappa shape index (κ3) is 7.74. The molecule has 164 valence electrons. The Balaban J connectivity index is 2.00. The van der Waals surface area contributed by atoms with Gasteiger partial charge in [-0.15, -0.1) is 0 Å². The minimum atomic E-state index is -4.16. The first-order chi connectivity index (χ1) is 13.7. The van der Waals surface area contributed by atoms with Gasteiger partial charge in [-0.1, -0.05) is 12.1 Å². The molecule has 0 saturated carbocycles. The quantitative estimate of drug-likeness (QED) is 0.505. The van der Waals surface area contributed by atoms with Gasteiger partial charge in [-0.05, 0) is 45.1 Å². The van der Waals surface area contributed by atoms with Gasteiger partial charge < -0.3 is 20.3 Å². The van der Waals surface area contributed by atoms with E-state index in [-0.39, 0.29) is 12.1 Å². The van der Waals surface area contributed by atoms with Gasteiger partial charge in [0.05, 0.1) is 26.2 Å². The molecule has 2 rings (SSSR count). The topological polar surface area (TPSA) is 52.1 Å². The number of benzene rings is 1. The Labute approximate surface area is 171 Å². The molecule has 0 amide bonds. The van der Waals surface area contributed by atoms with Crippen molar-refractivity contribution >= 4 is 5.96 Å². The molecule has 0 spiro atoms. The Morgan fingerprint density at radius 3 is 2.55 bits per heavy atom. The fraction of sp³-hybridized carbons (Fsp3) is 0.650. The lowest BCUT2D eigenvalue weighted by Crippen LogP contribution is -2.45. The molecule has 2 unspecified atom stereocenters. The van der Waals surface area contributed by atoms with Gasteiger partial charge in [-0.25, -0.2) is 0 Å². The highest BCUT2D eigenvalue weighted by molar-refractivity contribution is 5.80. The molecular formula is C20H32F3N5O. The zero-order valence-corrected chi connectivity index (χ0v) is 17.6. The van der Waals surface area contributed by atoms with Gasteiger partial charge in [-0.3, -0.25) is 9.89 Å². The zero-order chi connectivity index (χ0) is 21.4. The van der Waals surface area contributed by atoms with Crippen LogP contribution in [-0.2, 0) is 0 Å². The van der Waals surface area contributed by atoms with Gasteiger partial charge in [-0.2, -0.15) is 13.2 Å². The summed E-state index contributed by atoms with van der Waals surface area (Å²) in [6.07, 6.45) is -3.50. The summed E-state index contributed by atoms with van der Waals surface area (Å²) >= 11 is 0. The monoisotopic (exact) mass is 415 g/mol. The SMILES string of the molecule is CCNC(=NCC(c1ccc(OC)cc1)N(C)C)NC1CCN(CC(F)(F)F)C1. The average molecular weight is 416 g/mol. The molecule has 29 heavy (non-hydrogen) atoms. The zero-order valence-electron chi connectivity index (χ0n) is 17.6. The second kappa shape index (κ2) is 10.7. The lowest BCUT2D eigenvalue weighted by Gasteiger charge is -2.24. The summed E-state index contributed by atoms with van der Waals surface area (Å²) in [6.45, 7) is 3.10. The van der Waals surface area contributed by atoms with Crippen molar-refractivity contribution in [1.82, 2.24) is 20.4 Å². The number of nitrogens with one attached hydrogen (secondary N) is 2. The van der Waals surface area contributed by atoms with E-state index in [4.69, 9.17) is 9.73 Å². The number of nitrogens with zero attached hydrogens (tertiary/aromatic N) is 3. The number of likely N-dealkylation sites (tertiary alicyclic amines) is 1. The predicted molar refractivity (Wildman–Crippen MR) is 109 cm³/mol. The van der Waals surface area contributed by atoms with Crippen LogP contribution in [0.2, 0.25) is 0 Å². The molecule has 1 aromatic rings. The van der Waals surface area contributed by atoms with E-state index in [9.17, 15) is 13.2 Å². The van der Waals surface area contributed by atoms with E-state index >= 15 is 0 Å². The fourth-order valence-corrected chi connectivity index (χ4v) is 3.43. The average Bonchev–Trinajstić information content (AvgIpc) is 3.07. The Bertz CT molecular complexity index is 649. The van der Waals surface area contributed by atoms with Crippen molar-refractivity contribution in [1.29, 1.82) is 0 Å². The number of aliphatic imine (C=N–C) groups is 1. The smallest absolute Gasteiger partial charge is 0.401 e. The maximum atomic E-state index is 12.6. The highest BCUT2D eigenvalue weighted by atomic mass is 19.4. The molecule has 6 nitrogen and oxygen atoms in total. The maximum absolute atomic E-state index is 12.6. The molecule has 0 aromatic heterocycles. The van der Waals surface area contributed by atoms with Crippen molar-refractivity contribution in [2.45, 2.75) is 31.6 Å². The first kappa shape index (κ1) is 23.3. The summed E-state index contributed by atoms with van der Waals surface area (Å²) in [5, 5.41) is 6.48. The standard InChI is InChI=1S/C20H32F3N5O/c1-5-24-19(26-16-10-11-28(13-16)14-20(21,22)23)25-12-18(27(2)3)15-6-8-17(29-4)9-7-15/h6-9,16,18H,5,10-14H2,1-4H3,(H2,24,25,26). The number of hydrogen-bond acceptors (Lipinski definition) is 4. The molecule has 0 radical (unpaired) electrons. The van der Waals surface area contributed by atoms with Crippen LogP contribution in [0.25, 0.3) is 0 Å². The predicted octanol–water partition coefficient (Wildman–Crippen LogP) is 2.49. The van der Waals surface area contributed by atoms with Crippen molar-refractivity contribution < 1.29 is 17.9 Å². The molecule has 1 aliphatic heterocycles. The van der Waals surface area contributed by atoms with Crippen LogP contribution in [-0.4, -0.2) is 81.9 Å². The van der Waals surface area contributed by atoms with E-state index in [2.05, 4.69) is 15.5 Å². The number of halogens is 3. The fourth-order valence-electron chi connectivity index (χ4n) is 3.43. The lowest BCUT2D eigenvalue weighted by atomic mass is 10.1. The second-order valence-electron chi connectivity index (χ2n) is 7.45.